The van der Waals surface area contributed by atoms with E-state index in [2.05, 4.69) is 42.5 Å². The van der Waals surface area contributed by atoms with Crippen molar-refractivity contribution < 1.29 is 28.9 Å². The number of amides is 2. The summed E-state index contributed by atoms with van der Waals surface area (Å²) >= 11 is 0. The SMILES string of the molecule is COc1ccc([Si](C)(C)[C@@H]2[C@@H](CCn3cc(CCO)nn3)O[C@]3(C(=O)N(Cc4ccc(N5CCOC5=O)cc4)c4ccccc43)[C@H]2C)cc1. The second-order valence-corrected chi connectivity index (χ2v) is 18.4. The number of aliphatic hydroxyl groups is 1. The van der Waals surface area contributed by atoms with Gasteiger partial charge < -0.3 is 24.2 Å². The zero-order valence-electron chi connectivity index (χ0n) is 28.4. The van der Waals surface area contributed by atoms with E-state index in [9.17, 15) is 14.7 Å². The number of aliphatic hydroxyl groups excluding tert-OH is 1. The van der Waals surface area contributed by atoms with Crippen molar-refractivity contribution in [2.24, 2.45) is 5.92 Å². The summed E-state index contributed by atoms with van der Waals surface area (Å²) < 4.78 is 19.6. The maximum atomic E-state index is 15.0. The molecule has 12 heteroatoms. The smallest absolute Gasteiger partial charge is 0.414 e. The Balaban J connectivity index is 1.23. The lowest BCUT2D eigenvalue weighted by Gasteiger charge is -2.37. The van der Waals surface area contributed by atoms with Crippen LogP contribution in [0, 0.1) is 5.92 Å². The Hall–Kier alpha value is -4.52. The van der Waals surface area contributed by atoms with Crippen LogP contribution in [0.3, 0.4) is 0 Å². The number of carbonyl (C=O) groups excluding carboxylic acids is 2. The first kappa shape index (κ1) is 33.0. The molecule has 3 aliphatic rings. The number of hydrogen-bond acceptors (Lipinski definition) is 8. The highest BCUT2D eigenvalue weighted by atomic mass is 28.3. The third-order valence-corrected chi connectivity index (χ3v) is 15.0. The molecule has 0 saturated carbocycles. The minimum Gasteiger partial charge on any atom is -0.497 e. The Morgan fingerprint density at radius 1 is 1.04 bits per heavy atom. The van der Waals surface area contributed by atoms with E-state index in [1.165, 1.54) is 5.19 Å². The van der Waals surface area contributed by atoms with Gasteiger partial charge in [-0.05, 0) is 47.9 Å². The Kier molecular flexibility index (Phi) is 8.80. The van der Waals surface area contributed by atoms with Crippen LogP contribution in [-0.4, -0.2) is 73.1 Å². The number of carbonyl (C=O) groups is 2. The van der Waals surface area contributed by atoms with Gasteiger partial charge in [0.1, 0.15) is 12.4 Å². The lowest BCUT2D eigenvalue weighted by Crippen LogP contribution is -2.51. The maximum absolute atomic E-state index is 15.0. The monoisotopic (exact) mass is 681 g/mol. The molecule has 3 aliphatic heterocycles. The molecule has 0 unspecified atom stereocenters. The van der Waals surface area contributed by atoms with Gasteiger partial charge in [-0.15, -0.1) is 5.10 Å². The van der Waals surface area contributed by atoms with Gasteiger partial charge in [-0.2, -0.15) is 0 Å². The van der Waals surface area contributed by atoms with Crippen LogP contribution in [0.4, 0.5) is 16.2 Å². The molecule has 1 N–H and O–H groups in total. The van der Waals surface area contributed by atoms with E-state index in [0.717, 1.165) is 33.9 Å². The average Bonchev–Trinajstić information content (AvgIpc) is 3.87. The van der Waals surface area contributed by atoms with Crippen LogP contribution in [0.5, 0.6) is 5.75 Å². The predicted octanol–water partition coefficient (Wildman–Crippen LogP) is 4.63. The van der Waals surface area contributed by atoms with Crippen LogP contribution in [0.25, 0.3) is 0 Å². The molecule has 49 heavy (non-hydrogen) atoms. The van der Waals surface area contributed by atoms with Crippen molar-refractivity contribution in [1.82, 2.24) is 15.0 Å². The number of para-hydroxylation sites is 1. The highest BCUT2D eigenvalue weighted by Crippen LogP contribution is 2.60. The number of aryl methyl sites for hydroxylation is 1. The summed E-state index contributed by atoms with van der Waals surface area (Å²) in [7, 11) is -0.618. The largest absolute Gasteiger partial charge is 0.497 e. The summed E-state index contributed by atoms with van der Waals surface area (Å²) in [5.41, 5.74) is 3.18. The topological polar surface area (TPSA) is 119 Å². The second-order valence-electron chi connectivity index (χ2n) is 13.7. The van der Waals surface area contributed by atoms with E-state index >= 15 is 0 Å². The Morgan fingerprint density at radius 3 is 2.49 bits per heavy atom. The van der Waals surface area contributed by atoms with Gasteiger partial charge in [0.15, 0.2) is 5.60 Å². The molecule has 4 aromatic rings. The molecule has 256 valence electrons. The number of ether oxygens (including phenoxy) is 3. The molecule has 2 amide bonds. The number of benzene rings is 3. The molecule has 0 aliphatic carbocycles. The van der Waals surface area contributed by atoms with Crippen LogP contribution in [-0.2, 0) is 39.4 Å². The van der Waals surface area contributed by atoms with Gasteiger partial charge in [0.2, 0.25) is 0 Å². The first-order chi connectivity index (χ1) is 23.7. The molecule has 7 rings (SSSR count). The Morgan fingerprint density at radius 2 is 1.80 bits per heavy atom. The van der Waals surface area contributed by atoms with E-state index in [1.54, 1.807) is 12.0 Å². The molecule has 4 heterocycles. The normalized spacial score (nSPS) is 23.4. The highest BCUT2D eigenvalue weighted by molar-refractivity contribution is 6.91. The second kappa shape index (κ2) is 13.1. The number of hydrogen-bond donors (Lipinski definition) is 1. The van der Waals surface area contributed by atoms with Crippen molar-refractivity contribution in [3.63, 3.8) is 0 Å². The fraction of sp³-hybridized carbons (Fsp3) is 0.405. The number of fused-ring (bicyclic) bond motifs is 2. The van der Waals surface area contributed by atoms with Crippen molar-refractivity contribution >= 4 is 36.6 Å². The fourth-order valence-corrected chi connectivity index (χ4v) is 12.3. The van der Waals surface area contributed by atoms with Crippen molar-refractivity contribution in [3.8, 4) is 5.75 Å². The van der Waals surface area contributed by atoms with Crippen molar-refractivity contribution in [2.45, 2.75) is 63.2 Å². The molecule has 4 atom stereocenters. The van der Waals surface area contributed by atoms with Crippen LogP contribution >= 0.6 is 0 Å². The van der Waals surface area contributed by atoms with Crippen LogP contribution in [0.2, 0.25) is 18.6 Å². The first-order valence-corrected chi connectivity index (χ1v) is 20.0. The third kappa shape index (κ3) is 5.71. The minimum absolute atomic E-state index is 0.0173. The minimum atomic E-state index is -2.29. The summed E-state index contributed by atoms with van der Waals surface area (Å²) in [5.74, 6) is 0.640. The van der Waals surface area contributed by atoms with Gasteiger partial charge in [-0.1, -0.05) is 72.9 Å². The lowest BCUT2D eigenvalue weighted by molar-refractivity contribution is -0.146. The number of rotatable bonds is 11. The Labute approximate surface area is 287 Å². The molecule has 1 aromatic heterocycles. The Bertz CT molecular complexity index is 1830. The van der Waals surface area contributed by atoms with E-state index in [0.29, 0.717) is 39.1 Å². The van der Waals surface area contributed by atoms with Crippen LogP contribution in [0.1, 0.15) is 30.2 Å². The van der Waals surface area contributed by atoms with Gasteiger partial charge in [-0.25, -0.2) is 4.79 Å². The van der Waals surface area contributed by atoms with Crippen LogP contribution < -0.4 is 19.7 Å². The molecule has 11 nitrogen and oxygen atoms in total. The third-order valence-electron chi connectivity index (χ3n) is 10.7. The molecule has 1 spiro atoms. The summed E-state index contributed by atoms with van der Waals surface area (Å²) in [6, 6.07) is 24.1. The summed E-state index contributed by atoms with van der Waals surface area (Å²) in [4.78, 5) is 30.6. The van der Waals surface area contributed by atoms with Gasteiger partial charge in [0.05, 0.1) is 45.8 Å². The molecular formula is C37H43N5O6Si. The van der Waals surface area contributed by atoms with E-state index in [1.807, 2.05) is 76.4 Å². The lowest BCUT2D eigenvalue weighted by atomic mass is 9.82. The average molecular weight is 682 g/mol. The van der Waals surface area contributed by atoms with Gasteiger partial charge in [-0.3, -0.25) is 14.4 Å². The van der Waals surface area contributed by atoms with E-state index < -0.39 is 13.7 Å². The van der Waals surface area contributed by atoms with Gasteiger partial charge in [0.25, 0.3) is 5.91 Å². The molecule has 3 aromatic carbocycles. The number of anilines is 2. The van der Waals surface area contributed by atoms with Crippen molar-refractivity contribution in [3.05, 3.63) is 95.8 Å². The zero-order valence-corrected chi connectivity index (χ0v) is 29.4. The van der Waals surface area contributed by atoms with E-state index in [4.69, 9.17) is 14.2 Å². The molecule has 2 fully saturated rings. The molecule has 0 bridgehead atoms. The highest BCUT2D eigenvalue weighted by Gasteiger charge is 2.66. The van der Waals surface area contributed by atoms with Crippen LogP contribution in [0.15, 0.2) is 79.0 Å². The number of aromatic nitrogens is 3. The first-order valence-electron chi connectivity index (χ1n) is 16.9. The number of cyclic esters (lactones) is 1. The maximum Gasteiger partial charge on any atom is 0.414 e. The number of methoxy groups -OCH3 is 1. The standard InChI is InChI=1S/C37H43N5O6Si/c1-25-34(49(3,4)30-15-13-29(46-2)14-16-30)33(17-19-40-24-27(18-21-43)38-39-40)48-37(25)31-7-5-6-8-32(31)42(35(37)44)23-26-9-11-28(12-10-26)41-20-22-47-36(41)45/h5-16,24-25,33-34,43H,17-23H2,1-4H3/t25-,33+,34-,37+/m0/s1. The molecule has 2 saturated heterocycles. The number of nitrogens with zero attached hydrogens (tertiary/aromatic N) is 5. The van der Waals surface area contributed by atoms with Gasteiger partial charge >= 0.3 is 6.09 Å². The summed E-state index contributed by atoms with van der Waals surface area (Å²) in [5, 5.41) is 19.2. The zero-order chi connectivity index (χ0) is 34.3. The summed E-state index contributed by atoms with van der Waals surface area (Å²) in [6.07, 6.45) is 2.42. The predicted molar refractivity (Wildman–Crippen MR) is 188 cm³/mol. The van der Waals surface area contributed by atoms with Crippen molar-refractivity contribution in [1.29, 1.82) is 0 Å². The quantitative estimate of drug-likeness (QED) is 0.228. The van der Waals surface area contributed by atoms with Gasteiger partial charge in [0, 0.05) is 42.9 Å². The van der Waals surface area contributed by atoms with Crippen molar-refractivity contribution in [2.75, 3.05) is 36.7 Å². The molecule has 0 radical (unpaired) electrons. The summed E-state index contributed by atoms with van der Waals surface area (Å²) in [6.45, 7) is 8.81. The molecular weight excluding hydrogens is 639 g/mol. The van der Waals surface area contributed by atoms with E-state index in [-0.39, 0.29) is 36.2 Å². The fourth-order valence-electron chi connectivity index (χ4n) is 8.22.